The first kappa shape index (κ1) is 15.7. The van der Waals surface area contributed by atoms with Crippen molar-refractivity contribution in [1.29, 1.82) is 0 Å². The highest BCUT2D eigenvalue weighted by Crippen LogP contribution is 2.15. The van der Waals surface area contributed by atoms with Crippen LogP contribution >= 0.6 is 24.6 Å². The molecule has 0 unspecified atom stereocenters. The van der Waals surface area contributed by atoms with Gasteiger partial charge in [0.1, 0.15) is 0 Å². The van der Waals surface area contributed by atoms with E-state index in [0.29, 0.717) is 11.7 Å². The highest BCUT2D eigenvalue weighted by Gasteiger charge is 2.18. The van der Waals surface area contributed by atoms with Gasteiger partial charge in [0.05, 0.1) is 6.54 Å². The molecule has 1 saturated heterocycles. The second kappa shape index (κ2) is 6.73. The number of halogens is 1. The molecule has 1 aromatic carbocycles. The Morgan fingerprint density at radius 1 is 1.47 bits per heavy atom. The molecule has 1 heterocycles. The maximum Gasteiger partial charge on any atom is 0.243 e. The second-order valence-electron chi connectivity index (χ2n) is 4.52. The number of benzene rings is 1. The summed E-state index contributed by atoms with van der Waals surface area (Å²) in [5, 5.41) is 6.61. The lowest BCUT2D eigenvalue weighted by Gasteiger charge is -2.16. The van der Waals surface area contributed by atoms with Gasteiger partial charge in [-0.1, -0.05) is 17.7 Å². The first-order valence-electron chi connectivity index (χ1n) is 5.96. The predicted molar refractivity (Wildman–Crippen MR) is 84.0 cm³/mol. The molecule has 1 amide bonds. The number of anilines is 1. The van der Waals surface area contributed by atoms with Crippen LogP contribution in [0.2, 0.25) is 0 Å². The molecule has 2 rings (SSSR count). The van der Waals surface area contributed by atoms with Crippen molar-refractivity contribution >= 4 is 41.3 Å². The van der Waals surface area contributed by atoms with E-state index in [0.717, 1.165) is 24.3 Å². The largest absolute Gasteiger partial charge is 0.361 e. The number of aryl methyl sites for hydroxylation is 2. The third-order valence-electron chi connectivity index (χ3n) is 2.94. The van der Waals surface area contributed by atoms with E-state index in [1.807, 2.05) is 30.9 Å². The number of thiocarbonyl (C=S) groups is 1. The summed E-state index contributed by atoms with van der Waals surface area (Å²) in [6.07, 6.45) is 0. The molecule has 6 heteroatoms. The summed E-state index contributed by atoms with van der Waals surface area (Å²) >= 11 is 5.10. The monoisotopic (exact) mass is 299 g/mol. The molecule has 2 N–H and O–H groups in total. The van der Waals surface area contributed by atoms with Crippen molar-refractivity contribution in [1.82, 2.24) is 10.2 Å². The van der Waals surface area contributed by atoms with E-state index in [-0.39, 0.29) is 18.3 Å². The Morgan fingerprint density at radius 3 is 2.79 bits per heavy atom. The van der Waals surface area contributed by atoms with E-state index in [2.05, 4.69) is 16.7 Å². The fourth-order valence-electron chi connectivity index (χ4n) is 1.98. The molecule has 0 saturated carbocycles. The van der Waals surface area contributed by atoms with Crippen molar-refractivity contribution in [3.05, 3.63) is 29.3 Å². The SMILES string of the molecule is Cc1ccc(NC(=O)CN2CCNC2=S)c(C)c1.Cl. The zero-order chi connectivity index (χ0) is 13.1. The van der Waals surface area contributed by atoms with E-state index < -0.39 is 0 Å². The number of hydrogen-bond donors (Lipinski definition) is 2. The van der Waals surface area contributed by atoms with Gasteiger partial charge in [-0.2, -0.15) is 0 Å². The van der Waals surface area contributed by atoms with Crippen molar-refractivity contribution < 1.29 is 4.79 Å². The number of nitrogens with one attached hydrogen (secondary N) is 2. The van der Waals surface area contributed by atoms with Gasteiger partial charge in [0, 0.05) is 18.8 Å². The molecule has 1 aliphatic rings. The van der Waals surface area contributed by atoms with Gasteiger partial charge in [-0.05, 0) is 37.7 Å². The lowest BCUT2D eigenvalue weighted by Crippen LogP contribution is -2.35. The number of nitrogens with zero attached hydrogens (tertiary/aromatic N) is 1. The summed E-state index contributed by atoms with van der Waals surface area (Å²) in [7, 11) is 0. The molecule has 0 radical (unpaired) electrons. The number of amides is 1. The maximum absolute atomic E-state index is 11.9. The number of rotatable bonds is 3. The quantitative estimate of drug-likeness (QED) is 0.836. The molecule has 104 valence electrons. The molecule has 19 heavy (non-hydrogen) atoms. The lowest BCUT2D eigenvalue weighted by atomic mass is 10.1. The highest BCUT2D eigenvalue weighted by atomic mass is 35.5. The van der Waals surface area contributed by atoms with Crippen molar-refractivity contribution in [3.8, 4) is 0 Å². The van der Waals surface area contributed by atoms with E-state index in [1.54, 1.807) is 0 Å². The first-order chi connectivity index (χ1) is 8.56. The fraction of sp³-hybridized carbons (Fsp3) is 0.385. The molecule has 0 aromatic heterocycles. The van der Waals surface area contributed by atoms with E-state index in [1.165, 1.54) is 5.56 Å². The van der Waals surface area contributed by atoms with Gasteiger partial charge in [0.25, 0.3) is 0 Å². The Morgan fingerprint density at radius 2 is 2.21 bits per heavy atom. The Labute approximate surface area is 125 Å². The van der Waals surface area contributed by atoms with Crippen molar-refractivity contribution in [3.63, 3.8) is 0 Å². The Balaban J connectivity index is 0.00000180. The number of carbonyl (C=O) groups is 1. The number of carbonyl (C=O) groups excluding carboxylic acids is 1. The zero-order valence-corrected chi connectivity index (χ0v) is 12.7. The smallest absolute Gasteiger partial charge is 0.243 e. The fourth-order valence-corrected chi connectivity index (χ4v) is 2.24. The Bertz CT molecular complexity index is 493. The minimum absolute atomic E-state index is 0. The third-order valence-corrected chi connectivity index (χ3v) is 3.34. The minimum atomic E-state index is -0.0343. The van der Waals surface area contributed by atoms with E-state index >= 15 is 0 Å². The van der Waals surface area contributed by atoms with E-state index in [9.17, 15) is 4.79 Å². The Hall–Kier alpha value is -1.33. The summed E-state index contributed by atoms with van der Waals surface area (Å²) in [6, 6.07) is 5.98. The summed E-state index contributed by atoms with van der Waals surface area (Å²) in [6.45, 7) is 5.94. The lowest BCUT2D eigenvalue weighted by molar-refractivity contribution is -0.116. The van der Waals surface area contributed by atoms with Crippen molar-refractivity contribution in [2.75, 3.05) is 25.0 Å². The van der Waals surface area contributed by atoms with Gasteiger partial charge in [-0.3, -0.25) is 4.79 Å². The number of hydrogen-bond acceptors (Lipinski definition) is 2. The molecule has 1 fully saturated rings. The normalized spacial score (nSPS) is 13.8. The molecule has 0 atom stereocenters. The topological polar surface area (TPSA) is 44.4 Å². The molecule has 1 aliphatic heterocycles. The van der Waals surface area contributed by atoms with Crippen LogP contribution in [0.3, 0.4) is 0 Å². The zero-order valence-electron chi connectivity index (χ0n) is 11.0. The van der Waals surface area contributed by atoms with Gasteiger partial charge in [-0.15, -0.1) is 12.4 Å². The van der Waals surface area contributed by atoms with Crippen LogP contribution < -0.4 is 10.6 Å². The summed E-state index contributed by atoms with van der Waals surface area (Å²) in [5.74, 6) is -0.0343. The van der Waals surface area contributed by atoms with Crippen LogP contribution in [0.15, 0.2) is 18.2 Å². The maximum atomic E-state index is 11.9. The molecular weight excluding hydrogens is 282 g/mol. The minimum Gasteiger partial charge on any atom is -0.361 e. The van der Waals surface area contributed by atoms with Gasteiger partial charge in [-0.25, -0.2) is 0 Å². The molecule has 1 aromatic rings. The second-order valence-corrected chi connectivity index (χ2v) is 4.91. The predicted octanol–water partition coefficient (Wildman–Crippen LogP) is 1.85. The van der Waals surface area contributed by atoms with Crippen LogP contribution in [0.5, 0.6) is 0 Å². The van der Waals surface area contributed by atoms with Crippen molar-refractivity contribution in [2.45, 2.75) is 13.8 Å². The molecule has 0 aliphatic carbocycles. The third kappa shape index (κ3) is 4.08. The molecular formula is C13H18ClN3OS. The van der Waals surface area contributed by atoms with Crippen LogP contribution in [-0.2, 0) is 4.79 Å². The van der Waals surface area contributed by atoms with Crippen LogP contribution in [0.4, 0.5) is 5.69 Å². The van der Waals surface area contributed by atoms with Crippen LogP contribution in [0, 0.1) is 13.8 Å². The summed E-state index contributed by atoms with van der Waals surface area (Å²) in [4.78, 5) is 13.8. The molecule has 0 bridgehead atoms. The van der Waals surface area contributed by atoms with E-state index in [4.69, 9.17) is 12.2 Å². The standard InChI is InChI=1S/C13H17N3OS.ClH/c1-9-3-4-11(10(2)7-9)15-12(17)8-16-6-5-14-13(16)18;/h3-4,7H,5-6,8H2,1-2H3,(H,14,18)(H,15,17);1H. The van der Waals surface area contributed by atoms with Gasteiger partial charge >= 0.3 is 0 Å². The van der Waals surface area contributed by atoms with Crippen LogP contribution in [0.1, 0.15) is 11.1 Å². The summed E-state index contributed by atoms with van der Waals surface area (Å²) in [5.41, 5.74) is 3.13. The average Bonchev–Trinajstić information content (AvgIpc) is 2.69. The molecule has 4 nitrogen and oxygen atoms in total. The molecule has 0 spiro atoms. The first-order valence-corrected chi connectivity index (χ1v) is 6.37. The van der Waals surface area contributed by atoms with Gasteiger partial charge in [0.2, 0.25) is 5.91 Å². The van der Waals surface area contributed by atoms with Gasteiger partial charge < -0.3 is 15.5 Å². The van der Waals surface area contributed by atoms with Crippen molar-refractivity contribution in [2.24, 2.45) is 0 Å². The Kier molecular flexibility index (Phi) is 5.57. The van der Waals surface area contributed by atoms with Gasteiger partial charge in [0.15, 0.2) is 5.11 Å². The summed E-state index contributed by atoms with van der Waals surface area (Å²) < 4.78 is 0. The van der Waals surface area contributed by atoms with Crippen LogP contribution in [0.25, 0.3) is 0 Å². The van der Waals surface area contributed by atoms with Crippen LogP contribution in [-0.4, -0.2) is 35.6 Å². The average molecular weight is 300 g/mol. The highest BCUT2D eigenvalue weighted by molar-refractivity contribution is 7.80.